The van der Waals surface area contributed by atoms with E-state index in [-0.39, 0.29) is 5.70 Å². The molecule has 2 rings (SSSR count). The molecule has 0 radical (unpaired) electrons. The zero-order valence-electron chi connectivity index (χ0n) is 10.6. The summed E-state index contributed by atoms with van der Waals surface area (Å²) < 4.78 is 0.928. The largest absolute Gasteiger partial charge is 0.465 e. The van der Waals surface area contributed by atoms with Crippen molar-refractivity contribution in [1.82, 2.24) is 10.3 Å². The van der Waals surface area contributed by atoms with Gasteiger partial charge in [-0.3, -0.25) is 15.4 Å². The van der Waals surface area contributed by atoms with Crippen molar-refractivity contribution in [3.8, 4) is 11.3 Å². The van der Waals surface area contributed by atoms with Crippen molar-refractivity contribution in [3.63, 3.8) is 0 Å². The van der Waals surface area contributed by atoms with Crippen LogP contribution >= 0.6 is 27.3 Å². The minimum atomic E-state index is -1.34. The predicted molar refractivity (Wildman–Crippen MR) is 84.2 cm³/mol. The number of rotatable bonds is 4. The lowest BCUT2D eigenvalue weighted by Crippen LogP contribution is -2.28. The molecule has 0 spiro atoms. The molecule has 0 saturated heterocycles. The van der Waals surface area contributed by atoms with Crippen LogP contribution in [0.5, 0.6) is 0 Å². The smallest absolute Gasteiger partial charge is 0.409 e. The summed E-state index contributed by atoms with van der Waals surface area (Å²) in [7, 11) is 0. The molecular formula is C13H10BrN3O3S. The van der Waals surface area contributed by atoms with Crippen molar-refractivity contribution in [1.29, 1.82) is 0 Å². The third kappa shape index (κ3) is 4.14. The summed E-state index contributed by atoms with van der Waals surface area (Å²) in [5.41, 5.74) is 1.36. The molecule has 0 aliphatic heterocycles. The summed E-state index contributed by atoms with van der Waals surface area (Å²) >= 11 is 4.62. The number of hydrogen-bond acceptors (Lipinski definition) is 4. The molecule has 2 aromatic rings. The first-order valence-electron chi connectivity index (χ1n) is 5.67. The number of amides is 2. The number of anilines is 1. The van der Waals surface area contributed by atoms with Gasteiger partial charge < -0.3 is 5.11 Å². The Bertz CT molecular complexity index is 714. The Morgan fingerprint density at radius 1 is 1.38 bits per heavy atom. The standard InChI is InChI=1S/C13H10BrN3O3S/c1-7(15-13(19)20)11(18)17-12-16-10(6-21-12)8-3-2-4-9(14)5-8/h2-6,15H,1H2,(H,19,20)(H,16,17,18). The first-order chi connectivity index (χ1) is 9.95. The molecule has 2 amide bonds. The molecule has 0 bridgehead atoms. The van der Waals surface area contributed by atoms with E-state index in [1.54, 1.807) is 5.38 Å². The predicted octanol–water partition coefficient (Wildman–Crippen LogP) is 3.29. The average Bonchev–Trinajstić information content (AvgIpc) is 2.86. The van der Waals surface area contributed by atoms with Gasteiger partial charge in [0.15, 0.2) is 5.13 Å². The molecule has 3 N–H and O–H groups in total. The van der Waals surface area contributed by atoms with Gasteiger partial charge in [-0.25, -0.2) is 9.78 Å². The van der Waals surface area contributed by atoms with Gasteiger partial charge in [0.05, 0.1) is 5.69 Å². The maximum Gasteiger partial charge on any atom is 0.409 e. The van der Waals surface area contributed by atoms with Crippen LogP contribution in [-0.4, -0.2) is 22.1 Å². The van der Waals surface area contributed by atoms with Crippen molar-refractivity contribution in [2.24, 2.45) is 0 Å². The van der Waals surface area contributed by atoms with Crippen LogP contribution < -0.4 is 10.6 Å². The van der Waals surface area contributed by atoms with Crippen molar-refractivity contribution >= 4 is 44.4 Å². The maximum atomic E-state index is 11.7. The van der Waals surface area contributed by atoms with Crippen LogP contribution in [0.25, 0.3) is 11.3 Å². The van der Waals surface area contributed by atoms with Crippen LogP contribution in [0.3, 0.4) is 0 Å². The van der Waals surface area contributed by atoms with E-state index in [0.717, 1.165) is 10.0 Å². The fourth-order valence-electron chi connectivity index (χ4n) is 1.47. The van der Waals surface area contributed by atoms with Crippen LogP contribution in [0, 0.1) is 0 Å². The summed E-state index contributed by atoms with van der Waals surface area (Å²) in [4.78, 5) is 26.4. The fraction of sp³-hybridized carbons (Fsp3) is 0. The minimum absolute atomic E-state index is 0.262. The molecule has 1 aromatic carbocycles. The van der Waals surface area contributed by atoms with Crippen LogP contribution in [-0.2, 0) is 4.79 Å². The maximum absolute atomic E-state index is 11.7. The summed E-state index contributed by atoms with van der Waals surface area (Å²) in [5.74, 6) is -0.646. The van der Waals surface area contributed by atoms with Crippen molar-refractivity contribution in [2.45, 2.75) is 0 Å². The molecule has 0 atom stereocenters. The molecule has 108 valence electrons. The highest BCUT2D eigenvalue weighted by Crippen LogP contribution is 2.26. The second kappa shape index (κ2) is 6.51. The number of hydrogen-bond donors (Lipinski definition) is 3. The number of nitrogens with one attached hydrogen (secondary N) is 2. The number of carboxylic acid groups (broad SMARTS) is 1. The van der Waals surface area contributed by atoms with E-state index in [2.05, 4.69) is 32.8 Å². The molecular weight excluding hydrogens is 358 g/mol. The molecule has 0 saturated carbocycles. The Morgan fingerprint density at radius 2 is 2.14 bits per heavy atom. The Morgan fingerprint density at radius 3 is 2.81 bits per heavy atom. The Hall–Kier alpha value is -2.19. The van der Waals surface area contributed by atoms with E-state index in [9.17, 15) is 9.59 Å². The first-order valence-corrected chi connectivity index (χ1v) is 7.34. The second-order valence-electron chi connectivity index (χ2n) is 3.91. The quantitative estimate of drug-likeness (QED) is 0.723. The van der Waals surface area contributed by atoms with Crippen LogP contribution in [0.2, 0.25) is 0 Å². The van der Waals surface area contributed by atoms with Gasteiger partial charge in [0.2, 0.25) is 0 Å². The summed E-state index contributed by atoms with van der Waals surface area (Å²) in [5, 5.41) is 15.0. The van der Waals surface area contributed by atoms with Gasteiger partial charge in [-0.05, 0) is 12.1 Å². The van der Waals surface area contributed by atoms with Gasteiger partial charge in [-0.2, -0.15) is 0 Å². The molecule has 0 aliphatic carbocycles. The van der Waals surface area contributed by atoms with E-state index in [1.165, 1.54) is 11.3 Å². The van der Waals surface area contributed by atoms with Gasteiger partial charge >= 0.3 is 6.09 Å². The Labute approximate surface area is 132 Å². The number of benzene rings is 1. The van der Waals surface area contributed by atoms with Crippen LogP contribution in [0.15, 0.2) is 46.4 Å². The number of nitrogens with zero attached hydrogens (tertiary/aromatic N) is 1. The summed E-state index contributed by atoms with van der Waals surface area (Å²) in [6.07, 6.45) is -1.34. The van der Waals surface area contributed by atoms with E-state index in [0.29, 0.717) is 10.8 Å². The zero-order chi connectivity index (χ0) is 15.4. The monoisotopic (exact) mass is 367 g/mol. The number of carbonyl (C=O) groups is 2. The van der Waals surface area contributed by atoms with E-state index < -0.39 is 12.0 Å². The van der Waals surface area contributed by atoms with Crippen molar-refractivity contribution in [3.05, 3.63) is 46.4 Å². The topological polar surface area (TPSA) is 91.3 Å². The lowest BCUT2D eigenvalue weighted by Gasteiger charge is -2.04. The van der Waals surface area contributed by atoms with Crippen LogP contribution in [0.4, 0.5) is 9.93 Å². The number of halogens is 1. The lowest BCUT2D eigenvalue weighted by atomic mass is 10.2. The lowest BCUT2D eigenvalue weighted by molar-refractivity contribution is -0.113. The molecule has 21 heavy (non-hydrogen) atoms. The Kier molecular flexibility index (Phi) is 4.71. The molecule has 1 aromatic heterocycles. The average molecular weight is 368 g/mol. The van der Waals surface area contributed by atoms with E-state index in [4.69, 9.17) is 5.11 Å². The number of thiazole rings is 1. The van der Waals surface area contributed by atoms with Crippen molar-refractivity contribution < 1.29 is 14.7 Å². The first kappa shape index (κ1) is 15.2. The highest BCUT2D eigenvalue weighted by atomic mass is 79.9. The zero-order valence-corrected chi connectivity index (χ0v) is 13.0. The number of aromatic nitrogens is 1. The molecule has 1 heterocycles. The molecule has 0 unspecified atom stereocenters. The second-order valence-corrected chi connectivity index (χ2v) is 5.68. The third-order valence-electron chi connectivity index (χ3n) is 2.38. The van der Waals surface area contributed by atoms with Gasteiger partial charge in [0.1, 0.15) is 5.70 Å². The normalized spacial score (nSPS) is 9.95. The molecule has 8 heteroatoms. The molecule has 0 aliphatic rings. The fourth-order valence-corrected chi connectivity index (χ4v) is 2.58. The van der Waals surface area contributed by atoms with E-state index in [1.807, 2.05) is 29.6 Å². The molecule has 6 nitrogen and oxygen atoms in total. The summed E-state index contributed by atoms with van der Waals surface area (Å²) in [6.45, 7) is 3.33. The van der Waals surface area contributed by atoms with Crippen molar-refractivity contribution in [2.75, 3.05) is 5.32 Å². The third-order valence-corrected chi connectivity index (χ3v) is 3.63. The van der Waals surface area contributed by atoms with Gasteiger partial charge in [0.25, 0.3) is 5.91 Å². The van der Waals surface area contributed by atoms with Gasteiger partial charge in [0, 0.05) is 15.4 Å². The summed E-state index contributed by atoms with van der Waals surface area (Å²) in [6, 6.07) is 7.59. The van der Waals surface area contributed by atoms with Gasteiger partial charge in [-0.1, -0.05) is 34.6 Å². The molecule has 0 fully saturated rings. The highest BCUT2D eigenvalue weighted by Gasteiger charge is 2.12. The van der Waals surface area contributed by atoms with Gasteiger partial charge in [-0.15, -0.1) is 11.3 Å². The van der Waals surface area contributed by atoms with Crippen LogP contribution in [0.1, 0.15) is 0 Å². The highest BCUT2D eigenvalue weighted by molar-refractivity contribution is 9.10. The Balaban J connectivity index is 2.08. The minimum Gasteiger partial charge on any atom is -0.465 e. The number of carbonyl (C=O) groups excluding carboxylic acids is 1. The van der Waals surface area contributed by atoms with E-state index >= 15 is 0 Å². The SMILES string of the molecule is C=C(NC(=O)O)C(=O)Nc1nc(-c2cccc(Br)c2)cs1.